The van der Waals surface area contributed by atoms with Crippen molar-refractivity contribution in [3.63, 3.8) is 0 Å². The Bertz CT molecular complexity index is 507. The molecule has 1 aliphatic rings. The molecule has 1 saturated heterocycles. The Kier molecular flexibility index (Phi) is 9.44. The summed E-state index contributed by atoms with van der Waals surface area (Å²) in [5, 5.41) is 7.08. The fourth-order valence-electron chi connectivity index (χ4n) is 2.34. The number of rotatable bonds is 6. The van der Waals surface area contributed by atoms with Gasteiger partial charge in [0.05, 0.1) is 0 Å². The van der Waals surface area contributed by atoms with Crippen molar-refractivity contribution in [1.29, 1.82) is 0 Å². The first-order valence-electron chi connectivity index (χ1n) is 7.96. The minimum Gasteiger partial charge on any atom is -0.326 e. The number of carbonyl (C=O) groups excluding carboxylic acids is 1. The molecular weight excluding hydrogens is 348 g/mol. The maximum absolute atomic E-state index is 12.2. The van der Waals surface area contributed by atoms with E-state index in [9.17, 15) is 4.79 Å². The Morgan fingerprint density at radius 1 is 1.52 bits per heavy atom. The second-order valence-electron chi connectivity index (χ2n) is 5.79. The number of aryl methyl sites for hydroxylation is 1. The Morgan fingerprint density at radius 2 is 2.30 bits per heavy atom. The smallest absolute Gasteiger partial charge is 0.225 e. The van der Waals surface area contributed by atoms with Crippen molar-refractivity contribution in [2.75, 3.05) is 23.4 Å². The van der Waals surface area contributed by atoms with Crippen LogP contribution in [0, 0.1) is 6.92 Å². The molecule has 0 saturated carbocycles. The molecule has 2 atom stereocenters. The molecule has 130 valence electrons. The van der Waals surface area contributed by atoms with E-state index in [1.54, 1.807) is 0 Å². The van der Waals surface area contributed by atoms with Crippen molar-refractivity contribution < 1.29 is 4.79 Å². The first kappa shape index (κ1) is 20.7. The van der Waals surface area contributed by atoms with Gasteiger partial charge in [-0.05, 0) is 37.1 Å². The lowest BCUT2D eigenvalue weighted by molar-refractivity contribution is -0.116. The number of hydrogen-bond acceptors (Lipinski definition) is 4. The monoisotopic (exact) mass is 374 g/mol. The molecule has 1 aromatic rings. The summed E-state index contributed by atoms with van der Waals surface area (Å²) in [6.45, 7) is 7.51. The zero-order valence-electron chi connectivity index (χ0n) is 14.1. The third kappa shape index (κ3) is 6.96. The van der Waals surface area contributed by atoms with Gasteiger partial charge in [-0.1, -0.05) is 13.8 Å². The summed E-state index contributed by atoms with van der Waals surface area (Å²) in [7, 11) is 0. The predicted octanol–water partition coefficient (Wildman–Crippen LogP) is 4.34. The normalized spacial score (nSPS) is 18.8. The lowest BCUT2D eigenvalue weighted by Crippen LogP contribution is -2.39. The van der Waals surface area contributed by atoms with E-state index in [0.717, 1.165) is 35.7 Å². The molecular formula is C17H27ClN2OS2. The zero-order chi connectivity index (χ0) is 15.9. The van der Waals surface area contributed by atoms with E-state index in [0.29, 0.717) is 17.7 Å². The maximum atomic E-state index is 12.2. The van der Waals surface area contributed by atoms with Gasteiger partial charge >= 0.3 is 0 Å². The summed E-state index contributed by atoms with van der Waals surface area (Å²) >= 11 is 3.81. The van der Waals surface area contributed by atoms with Crippen molar-refractivity contribution in [2.24, 2.45) is 0 Å². The number of halogens is 1. The molecule has 2 unspecified atom stereocenters. The average molecular weight is 375 g/mol. The number of amides is 1. The van der Waals surface area contributed by atoms with E-state index in [2.05, 4.69) is 43.5 Å². The minimum atomic E-state index is 0. The molecule has 0 aromatic heterocycles. The molecule has 0 aliphatic carbocycles. The second kappa shape index (κ2) is 10.5. The van der Waals surface area contributed by atoms with Crippen molar-refractivity contribution in [3.05, 3.63) is 23.8 Å². The van der Waals surface area contributed by atoms with Gasteiger partial charge in [-0.15, -0.1) is 24.2 Å². The van der Waals surface area contributed by atoms with E-state index in [-0.39, 0.29) is 18.3 Å². The highest BCUT2D eigenvalue weighted by molar-refractivity contribution is 8.00. The van der Waals surface area contributed by atoms with Crippen LogP contribution in [0.5, 0.6) is 0 Å². The Hall–Kier alpha value is -0.360. The summed E-state index contributed by atoms with van der Waals surface area (Å²) in [4.78, 5) is 13.4. The summed E-state index contributed by atoms with van der Waals surface area (Å²) in [5.74, 6) is 2.27. The Labute approximate surface area is 154 Å². The predicted molar refractivity (Wildman–Crippen MR) is 106 cm³/mol. The molecule has 1 aromatic carbocycles. The molecule has 1 aliphatic heterocycles. The van der Waals surface area contributed by atoms with Crippen LogP contribution in [-0.2, 0) is 4.79 Å². The first-order chi connectivity index (χ1) is 10.6. The van der Waals surface area contributed by atoms with Gasteiger partial charge < -0.3 is 10.6 Å². The summed E-state index contributed by atoms with van der Waals surface area (Å²) < 4.78 is 0. The number of anilines is 1. The van der Waals surface area contributed by atoms with Crippen LogP contribution in [0.1, 0.15) is 32.3 Å². The third-order valence-electron chi connectivity index (χ3n) is 3.81. The first-order valence-corrected chi connectivity index (χ1v) is 10.00. The fraction of sp³-hybridized carbons (Fsp3) is 0.588. The fourth-order valence-corrected chi connectivity index (χ4v) is 4.31. The average Bonchev–Trinajstić information content (AvgIpc) is 2.51. The molecule has 2 rings (SSSR count). The number of thioether (sulfide) groups is 2. The molecule has 0 bridgehead atoms. The van der Waals surface area contributed by atoms with Crippen LogP contribution in [0.4, 0.5) is 5.69 Å². The van der Waals surface area contributed by atoms with Crippen LogP contribution in [0.2, 0.25) is 0 Å². The van der Waals surface area contributed by atoms with Gasteiger partial charge in [0.1, 0.15) is 0 Å². The number of hydrogen-bond donors (Lipinski definition) is 2. The highest BCUT2D eigenvalue weighted by atomic mass is 35.5. The van der Waals surface area contributed by atoms with Gasteiger partial charge in [-0.25, -0.2) is 0 Å². The van der Waals surface area contributed by atoms with E-state index in [4.69, 9.17) is 0 Å². The Morgan fingerprint density at radius 3 is 2.91 bits per heavy atom. The molecule has 1 heterocycles. The van der Waals surface area contributed by atoms with Gasteiger partial charge in [-0.3, -0.25) is 4.79 Å². The maximum Gasteiger partial charge on any atom is 0.225 e. The zero-order valence-corrected chi connectivity index (χ0v) is 16.5. The molecule has 23 heavy (non-hydrogen) atoms. The summed E-state index contributed by atoms with van der Waals surface area (Å²) in [6, 6.07) is 6.61. The van der Waals surface area contributed by atoms with Gasteiger partial charge in [0, 0.05) is 46.3 Å². The highest BCUT2D eigenvalue weighted by Gasteiger charge is 2.17. The van der Waals surface area contributed by atoms with Gasteiger partial charge in [0.2, 0.25) is 5.91 Å². The van der Waals surface area contributed by atoms with Crippen molar-refractivity contribution in [1.82, 2.24) is 5.32 Å². The van der Waals surface area contributed by atoms with Gasteiger partial charge in [-0.2, -0.15) is 11.8 Å². The van der Waals surface area contributed by atoms with E-state index < -0.39 is 0 Å². The van der Waals surface area contributed by atoms with E-state index in [1.165, 1.54) is 4.90 Å². The number of carbonyl (C=O) groups is 1. The topological polar surface area (TPSA) is 41.1 Å². The lowest BCUT2D eigenvalue weighted by Gasteiger charge is -2.22. The molecule has 1 amide bonds. The van der Waals surface area contributed by atoms with E-state index in [1.807, 2.05) is 29.6 Å². The van der Waals surface area contributed by atoms with Gasteiger partial charge in [0.15, 0.2) is 0 Å². The van der Waals surface area contributed by atoms with Crippen molar-refractivity contribution >= 4 is 47.5 Å². The lowest BCUT2D eigenvalue weighted by atomic mass is 10.1. The van der Waals surface area contributed by atoms with Crippen LogP contribution < -0.4 is 10.6 Å². The standard InChI is InChI=1S/C17H26N2OS2.ClH/c1-4-13(3)22-15-5-6-16(12(2)9-15)19-17(20)10-14-11-21-8-7-18-14;/h5-6,9,13-14,18H,4,7-8,10-11H2,1-3H3,(H,19,20);1H. The summed E-state index contributed by atoms with van der Waals surface area (Å²) in [6.07, 6.45) is 1.71. The molecule has 6 heteroatoms. The molecule has 0 spiro atoms. The molecule has 2 N–H and O–H groups in total. The second-order valence-corrected chi connectivity index (χ2v) is 8.45. The number of nitrogens with one attached hydrogen (secondary N) is 2. The minimum absolute atomic E-state index is 0. The number of benzene rings is 1. The molecule has 0 radical (unpaired) electrons. The van der Waals surface area contributed by atoms with Crippen molar-refractivity contribution in [2.45, 2.75) is 49.8 Å². The highest BCUT2D eigenvalue weighted by Crippen LogP contribution is 2.28. The van der Waals surface area contributed by atoms with Crippen LogP contribution in [0.3, 0.4) is 0 Å². The SMILES string of the molecule is CCC(C)Sc1ccc(NC(=O)CC2CSCCN2)c(C)c1.Cl. The van der Waals surface area contributed by atoms with Crippen LogP contribution in [0.15, 0.2) is 23.1 Å². The van der Waals surface area contributed by atoms with E-state index >= 15 is 0 Å². The van der Waals surface area contributed by atoms with Crippen molar-refractivity contribution in [3.8, 4) is 0 Å². The Balaban J connectivity index is 0.00000264. The van der Waals surface area contributed by atoms with Gasteiger partial charge in [0.25, 0.3) is 0 Å². The summed E-state index contributed by atoms with van der Waals surface area (Å²) in [5.41, 5.74) is 2.06. The van der Waals surface area contributed by atoms with Crippen LogP contribution >= 0.6 is 35.9 Å². The third-order valence-corrected chi connectivity index (χ3v) is 6.21. The van der Waals surface area contributed by atoms with Crippen LogP contribution in [0.25, 0.3) is 0 Å². The quantitative estimate of drug-likeness (QED) is 0.726. The van der Waals surface area contributed by atoms with Crippen LogP contribution in [-0.4, -0.2) is 35.2 Å². The molecule has 1 fully saturated rings. The largest absolute Gasteiger partial charge is 0.326 e. The molecule has 3 nitrogen and oxygen atoms in total.